The van der Waals surface area contributed by atoms with Crippen molar-refractivity contribution >= 4 is 0 Å². The molecule has 3 heteroatoms. The number of methoxy groups -OCH3 is 1. The first-order chi connectivity index (χ1) is 10.2. The summed E-state index contributed by atoms with van der Waals surface area (Å²) in [5, 5.41) is 11.1. The summed E-state index contributed by atoms with van der Waals surface area (Å²) in [6.45, 7) is 2.68. The quantitative estimate of drug-likeness (QED) is 0.783. The summed E-state index contributed by atoms with van der Waals surface area (Å²) in [5.41, 5.74) is 0.273. The van der Waals surface area contributed by atoms with E-state index < -0.39 is 0 Å². The average Bonchev–Trinajstić information content (AvgIpc) is 3.26. The lowest BCUT2D eigenvalue weighted by atomic mass is 9.48. The van der Waals surface area contributed by atoms with Crippen LogP contribution in [0, 0.1) is 23.2 Å². The third-order valence-electron chi connectivity index (χ3n) is 6.85. The lowest BCUT2D eigenvalue weighted by Crippen LogP contribution is -2.54. The van der Waals surface area contributed by atoms with E-state index in [0.717, 1.165) is 43.5 Å². The van der Waals surface area contributed by atoms with Crippen LogP contribution in [0.1, 0.15) is 51.4 Å². The predicted molar refractivity (Wildman–Crippen MR) is 83.1 cm³/mol. The Hall–Kier alpha value is -0.120. The van der Waals surface area contributed by atoms with Gasteiger partial charge in [-0.25, -0.2) is 0 Å². The molecule has 0 heterocycles. The Kier molecular flexibility index (Phi) is 3.79. The van der Waals surface area contributed by atoms with Crippen molar-refractivity contribution in [1.29, 1.82) is 0 Å². The Labute approximate surface area is 129 Å². The maximum absolute atomic E-state index is 11.1. The van der Waals surface area contributed by atoms with E-state index in [2.05, 4.69) is 4.90 Å². The van der Waals surface area contributed by atoms with E-state index in [9.17, 15) is 5.11 Å². The zero-order chi connectivity index (χ0) is 14.4. The van der Waals surface area contributed by atoms with Crippen molar-refractivity contribution in [2.75, 3.05) is 26.8 Å². The van der Waals surface area contributed by atoms with Gasteiger partial charge in [-0.1, -0.05) is 0 Å². The Morgan fingerprint density at radius 3 is 2.14 bits per heavy atom. The number of nitrogens with zero attached hydrogens (tertiary/aromatic N) is 1. The fraction of sp³-hybridized carbons (Fsp3) is 1.00. The summed E-state index contributed by atoms with van der Waals surface area (Å²) in [4.78, 5) is 2.51. The highest BCUT2D eigenvalue weighted by Gasteiger charge is 2.54. The summed E-state index contributed by atoms with van der Waals surface area (Å²) in [5.74, 6) is 2.79. The molecular weight excluding hydrogens is 262 g/mol. The molecule has 0 spiro atoms. The first-order valence-corrected chi connectivity index (χ1v) is 9.09. The molecule has 5 fully saturated rings. The largest absolute Gasteiger partial charge is 0.391 e. The van der Waals surface area contributed by atoms with E-state index in [1.807, 2.05) is 0 Å². The molecule has 5 saturated carbocycles. The summed E-state index contributed by atoms with van der Waals surface area (Å²) >= 11 is 0. The van der Waals surface area contributed by atoms with Gasteiger partial charge in [0.1, 0.15) is 0 Å². The molecule has 5 rings (SSSR count). The van der Waals surface area contributed by atoms with E-state index in [0.29, 0.717) is 0 Å². The first-order valence-electron chi connectivity index (χ1n) is 9.09. The second-order valence-corrected chi connectivity index (χ2v) is 8.51. The van der Waals surface area contributed by atoms with Crippen molar-refractivity contribution < 1.29 is 9.84 Å². The van der Waals surface area contributed by atoms with Crippen LogP contribution in [-0.2, 0) is 4.74 Å². The Morgan fingerprint density at radius 1 is 1.10 bits per heavy atom. The van der Waals surface area contributed by atoms with Gasteiger partial charge in [0.2, 0.25) is 0 Å². The Balaban J connectivity index is 1.42. The van der Waals surface area contributed by atoms with Crippen LogP contribution in [-0.4, -0.2) is 49.0 Å². The fourth-order valence-corrected chi connectivity index (χ4v) is 6.07. The Bertz CT molecular complexity index is 344. The molecule has 0 aromatic heterocycles. The van der Waals surface area contributed by atoms with Gasteiger partial charge in [0.15, 0.2) is 0 Å². The fourth-order valence-electron chi connectivity index (χ4n) is 6.07. The summed E-state index contributed by atoms with van der Waals surface area (Å²) in [6.07, 6.45) is 10.8. The highest BCUT2D eigenvalue weighted by Crippen LogP contribution is 2.61. The molecule has 0 aromatic rings. The van der Waals surface area contributed by atoms with Gasteiger partial charge in [-0.05, 0) is 74.5 Å². The lowest BCUT2D eigenvalue weighted by molar-refractivity contribution is -0.127. The lowest BCUT2D eigenvalue weighted by Gasteiger charge is -2.58. The van der Waals surface area contributed by atoms with Gasteiger partial charge in [-0.3, -0.25) is 4.90 Å². The van der Waals surface area contributed by atoms with E-state index in [1.54, 1.807) is 7.11 Å². The molecule has 0 radical (unpaired) electrons. The van der Waals surface area contributed by atoms with E-state index in [4.69, 9.17) is 4.74 Å². The van der Waals surface area contributed by atoms with Gasteiger partial charge in [-0.2, -0.15) is 0 Å². The van der Waals surface area contributed by atoms with Crippen LogP contribution < -0.4 is 0 Å². The van der Waals surface area contributed by atoms with Crippen LogP contribution in [0.4, 0.5) is 0 Å². The van der Waals surface area contributed by atoms with Crippen molar-refractivity contribution in [2.24, 2.45) is 23.2 Å². The Morgan fingerprint density at radius 2 is 1.67 bits per heavy atom. The summed E-state index contributed by atoms with van der Waals surface area (Å²) in [6, 6.07) is 0.726. The molecule has 5 aliphatic rings. The van der Waals surface area contributed by atoms with Gasteiger partial charge in [0, 0.05) is 26.2 Å². The molecule has 120 valence electrons. The highest BCUT2D eigenvalue weighted by molar-refractivity contribution is 5.05. The molecule has 1 N–H and O–H groups in total. The summed E-state index contributed by atoms with van der Waals surface area (Å²) < 4.78 is 5.26. The minimum atomic E-state index is -0.108. The van der Waals surface area contributed by atoms with E-state index in [-0.39, 0.29) is 11.5 Å². The zero-order valence-corrected chi connectivity index (χ0v) is 13.5. The highest BCUT2D eigenvalue weighted by atomic mass is 16.5. The standard InChI is InChI=1S/C18H31NO2/c1-21-5-4-19(16-2-3-16)12-17(20)18-9-13-6-14(10-18)8-15(7-13)11-18/h13-17,20H,2-12H2,1H3. The van der Waals surface area contributed by atoms with Crippen molar-refractivity contribution in [3.05, 3.63) is 0 Å². The van der Waals surface area contributed by atoms with Gasteiger partial charge < -0.3 is 9.84 Å². The van der Waals surface area contributed by atoms with Crippen LogP contribution in [0.5, 0.6) is 0 Å². The van der Waals surface area contributed by atoms with E-state index >= 15 is 0 Å². The van der Waals surface area contributed by atoms with Crippen LogP contribution in [0.25, 0.3) is 0 Å². The minimum absolute atomic E-state index is 0.108. The third-order valence-corrected chi connectivity index (χ3v) is 6.85. The smallest absolute Gasteiger partial charge is 0.0723 e. The number of aliphatic hydroxyl groups is 1. The molecule has 4 bridgehead atoms. The normalized spacial score (nSPS) is 42.7. The van der Waals surface area contributed by atoms with Crippen LogP contribution in [0.15, 0.2) is 0 Å². The molecule has 0 saturated heterocycles. The molecule has 0 aliphatic heterocycles. The number of hydrogen-bond donors (Lipinski definition) is 1. The van der Waals surface area contributed by atoms with Crippen LogP contribution >= 0.6 is 0 Å². The van der Waals surface area contributed by atoms with Gasteiger partial charge in [0.25, 0.3) is 0 Å². The molecule has 1 unspecified atom stereocenters. The monoisotopic (exact) mass is 293 g/mol. The number of ether oxygens (including phenoxy) is 1. The second-order valence-electron chi connectivity index (χ2n) is 8.51. The maximum atomic E-state index is 11.1. The predicted octanol–water partition coefficient (Wildman–Crippen LogP) is 2.67. The van der Waals surface area contributed by atoms with Crippen molar-refractivity contribution in [3.63, 3.8) is 0 Å². The number of rotatable bonds is 7. The number of hydrogen-bond acceptors (Lipinski definition) is 3. The third kappa shape index (κ3) is 2.77. The molecule has 21 heavy (non-hydrogen) atoms. The average molecular weight is 293 g/mol. The van der Waals surface area contributed by atoms with Gasteiger partial charge >= 0.3 is 0 Å². The summed E-state index contributed by atoms with van der Waals surface area (Å²) in [7, 11) is 1.78. The van der Waals surface area contributed by atoms with Crippen molar-refractivity contribution in [2.45, 2.75) is 63.5 Å². The molecule has 5 aliphatic carbocycles. The molecule has 0 amide bonds. The van der Waals surface area contributed by atoms with E-state index in [1.165, 1.54) is 51.4 Å². The minimum Gasteiger partial charge on any atom is -0.391 e. The van der Waals surface area contributed by atoms with Gasteiger partial charge in [0.05, 0.1) is 12.7 Å². The number of aliphatic hydroxyl groups excluding tert-OH is 1. The SMILES string of the molecule is COCCN(CC(O)C12CC3CC(CC(C3)C1)C2)C1CC1. The molecule has 3 nitrogen and oxygen atoms in total. The van der Waals surface area contributed by atoms with Crippen LogP contribution in [0.3, 0.4) is 0 Å². The van der Waals surface area contributed by atoms with Crippen LogP contribution in [0.2, 0.25) is 0 Å². The molecular formula is C18H31NO2. The van der Waals surface area contributed by atoms with Gasteiger partial charge in [-0.15, -0.1) is 0 Å². The molecule has 0 aromatic carbocycles. The maximum Gasteiger partial charge on any atom is 0.0723 e. The zero-order valence-electron chi connectivity index (χ0n) is 13.5. The second kappa shape index (κ2) is 5.50. The first kappa shape index (κ1) is 14.5. The molecule has 1 atom stereocenters. The van der Waals surface area contributed by atoms with Crippen molar-refractivity contribution in [3.8, 4) is 0 Å². The van der Waals surface area contributed by atoms with Crippen molar-refractivity contribution in [1.82, 2.24) is 4.90 Å². The topological polar surface area (TPSA) is 32.7 Å².